The Morgan fingerprint density at radius 1 is 1.12 bits per heavy atom. The Bertz CT molecular complexity index is 800. The van der Waals surface area contributed by atoms with Crippen LogP contribution < -0.4 is 9.62 Å². The van der Waals surface area contributed by atoms with E-state index in [1.807, 2.05) is 32.0 Å². The van der Waals surface area contributed by atoms with Crippen molar-refractivity contribution in [2.75, 3.05) is 17.1 Å². The Balaban J connectivity index is 2.17. The molecular weight excluding hydrogens is 326 g/mol. The second kappa shape index (κ2) is 7.44. The average molecular weight is 347 g/mol. The van der Waals surface area contributed by atoms with E-state index in [9.17, 15) is 13.2 Å². The molecule has 0 aliphatic rings. The van der Waals surface area contributed by atoms with Crippen LogP contribution in [0.15, 0.2) is 42.7 Å². The quantitative estimate of drug-likeness (QED) is 0.864. The summed E-state index contributed by atoms with van der Waals surface area (Å²) in [5.41, 5.74) is 3.07. The third kappa shape index (κ3) is 4.55. The zero-order chi connectivity index (χ0) is 17.7. The van der Waals surface area contributed by atoms with Crippen molar-refractivity contribution in [3.8, 4) is 0 Å². The van der Waals surface area contributed by atoms with Gasteiger partial charge in [-0.25, -0.2) is 8.42 Å². The third-order valence-electron chi connectivity index (χ3n) is 3.62. The zero-order valence-electron chi connectivity index (χ0n) is 14.0. The average Bonchev–Trinajstić information content (AvgIpc) is 2.52. The van der Waals surface area contributed by atoms with Crippen molar-refractivity contribution >= 4 is 21.6 Å². The molecule has 0 atom stereocenters. The summed E-state index contributed by atoms with van der Waals surface area (Å²) in [6.07, 6.45) is 4.39. The van der Waals surface area contributed by atoms with Gasteiger partial charge < -0.3 is 5.32 Å². The molecule has 0 saturated heterocycles. The molecular formula is C17H21N3O3S. The summed E-state index contributed by atoms with van der Waals surface area (Å²) < 4.78 is 25.5. The number of carbonyl (C=O) groups is 1. The van der Waals surface area contributed by atoms with E-state index in [4.69, 9.17) is 0 Å². The van der Waals surface area contributed by atoms with Gasteiger partial charge >= 0.3 is 0 Å². The van der Waals surface area contributed by atoms with Crippen LogP contribution in [-0.2, 0) is 21.4 Å². The van der Waals surface area contributed by atoms with Crippen molar-refractivity contribution in [1.29, 1.82) is 0 Å². The second-order valence-corrected chi connectivity index (χ2v) is 7.55. The first-order valence-electron chi connectivity index (χ1n) is 7.48. The number of hydrogen-bond donors (Lipinski definition) is 1. The predicted octanol–water partition coefficient (Wildman–Crippen LogP) is 1.78. The summed E-state index contributed by atoms with van der Waals surface area (Å²) in [7, 11) is -3.58. The van der Waals surface area contributed by atoms with E-state index in [1.54, 1.807) is 24.5 Å². The Hall–Kier alpha value is -2.41. The maximum Gasteiger partial charge on any atom is 0.241 e. The smallest absolute Gasteiger partial charge is 0.241 e. The molecule has 0 spiro atoms. The van der Waals surface area contributed by atoms with Crippen molar-refractivity contribution < 1.29 is 13.2 Å². The van der Waals surface area contributed by atoms with Crippen molar-refractivity contribution in [2.24, 2.45) is 0 Å². The zero-order valence-corrected chi connectivity index (χ0v) is 14.8. The number of amides is 1. The molecule has 0 aliphatic carbocycles. The molecule has 0 saturated carbocycles. The van der Waals surface area contributed by atoms with E-state index >= 15 is 0 Å². The molecule has 1 aromatic heterocycles. The largest absolute Gasteiger partial charge is 0.350 e. The van der Waals surface area contributed by atoms with Crippen molar-refractivity contribution in [3.63, 3.8) is 0 Å². The fourth-order valence-corrected chi connectivity index (χ4v) is 3.42. The summed E-state index contributed by atoms with van der Waals surface area (Å²) in [5, 5.41) is 2.74. The van der Waals surface area contributed by atoms with E-state index in [0.29, 0.717) is 12.2 Å². The standard InChI is InChI=1S/C17H21N3O3S/c1-13-5-4-6-14(2)17(13)20(24(3,22)23)12-16(21)19-11-15-7-9-18-10-8-15/h4-10H,11-12H2,1-3H3,(H,19,21). The van der Waals surface area contributed by atoms with Crippen LogP contribution in [0.25, 0.3) is 0 Å². The van der Waals surface area contributed by atoms with Crippen LogP contribution in [0.3, 0.4) is 0 Å². The van der Waals surface area contributed by atoms with Crippen LogP contribution in [0.2, 0.25) is 0 Å². The van der Waals surface area contributed by atoms with Gasteiger partial charge in [0.15, 0.2) is 0 Å². The van der Waals surface area contributed by atoms with Gasteiger partial charge in [0.05, 0.1) is 11.9 Å². The van der Waals surface area contributed by atoms with Gasteiger partial charge in [0.25, 0.3) is 0 Å². The van der Waals surface area contributed by atoms with Crippen LogP contribution in [-0.4, -0.2) is 32.1 Å². The number of nitrogens with one attached hydrogen (secondary N) is 1. The number of anilines is 1. The molecule has 0 radical (unpaired) electrons. The van der Waals surface area contributed by atoms with E-state index in [0.717, 1.165) is 27.3 Å². The van der Waals surface area contributed by atoms with E-state index < -0.39 is 10.0 Å². The van der Waals surface area contributed by atoms with E-state index in [1.165, 1.54) is 0 Å². The number of nitrogens with zero attached hydrogens (tertiary/aromatic N) is 2. The van der Waals surface area contributed by atoms with Crippen LogP contribution in [0.5, 0.6) is 0 Å². The minimum atomic E-state index is -3.58. The fourth-order valence-electron chi connectivity index (χ4n) is 2.45. The summed E-state index contributed by atoms with van der Waals surface area (Å²) >= 11 is 0. The first-order chi connectivity index (χ1) is 11.3. The molecule has 128 valence electrons. The Kier molecular flexibility index (Phi) is 5.56. The highest BCUT2D eigenvalue weighted by Gasteiger charge is 2.23. The number of carbonyl (C=O) groups excluding carboxylic acids is 1. The highest BCUT2D eigenvalue weighted by Crippen LogP contribution is 2.26. The molecule has 0 unspecified atom stereocenters. The first-order valence-corrected chi connectivity index (χ1v) is 9.33. The second-order valence-electron chi connectivity index (χ2n) is 5.64. The van der Waals surface area contributed by atoms with E-state index in [-0.39, 0.29) is 12.5 Å². The first kappa shape index (κ1) is 17.9. The van der Waals surface area contributed by atoms with E-state index in [2.05, 4.69) is 10.3 Å². The van der Waals surface area contributed by atoms with Gasteiger partial charge in [0, 0.05) is 18.9 Å². The van der Waals surface area contributed by atoms with Gasteiger partial charge in [-0.3, -0.25) is 14.1 Å². The van der Waals surface area contributed by atoms with Crippen LogP contribution in [0.1, 0.15) is 16.7 Å². The molecule has 0 aliphatic heterocycles. The number of benzene rings is 1. The lowest BCUT2D eigenvalue weighted by Crippen LogP contribution is -2.40. The fraction of sp³-hybridized carbons (Fsp3) is 0.294. The summed E-state index contributed by atoms with van der Waals surface area (Å²) in [6, 6.07) is 9.10. The van der Waals surface area contributed by atoms with Crippen molar-refractivity contribution in [1.82, 2.24) is 10.3 Å². The summed E-state index contributed by atoms with van der Waals surface area (Å²) in [4.78, 5) is 16.1. The topological polar surface area (TPSA) is 79.4 Å². The van der Waals surface area contributed by atoms with Crippen molar-refractivity contribution in [3.05, 3.63) is 59.4 Å². The molecule has 2 aromatic rings. The minimum Gasteiger partial charge on any atom is -0.350 e. The maximum absolute atomic E-state index is 12.2. The van der Waals surface area contributed by atoms with Gasteiger partial charge in [-0.15, -0.1) is 0 Å². The van der Waals surface area contributed by atoms with Crippen LogP contribution >= 0.6 is 0 Å². The monoisotopic (exact) mass is 347 g/mol. The number of sulfonamides is 1. The molecule has 6 nitrogen and oxygen atoms in total. The Morgan fingerprint density at radius 2 is 1.71 bits per heavy atom. The molecule has 0 bridgehead atoms. The lowest BCUT2D eigenvalue weighted by molar-refractivity contribution is -0.119. The molecule has 1 N–H and O–H groups in total. The van der Waals surface area contributed by atoms with Gasteiger partial charge in [0.2, 0.25) is 15.9 Å². The van der Waals surface area contributed by atoms with Crippen LogP contribution in [0, 0.1) is 13.8 Å². The Morgan fingerprint density at radius 3 is 2.25 bits per heavy atom. The van der Waals surface area contributed by atoms with Gasteiger partial charge in [-0.2, -0.15) is 0 Å². The molecule has 24 heavy (non-hydrogen) atoms. The van der Waals surface area contributed by atoms with Crippen molar-refractivity contribution in [2.45, 2.75) is 20.4 Å². The molecule has 0 fully saturated rings. The number of rotatable bonds is 6. The summed E-state index contributed by atoms with van der Waals surface area (Å²) in [6.45, 7) is 3.73. The van der Waals surface area contributed by atoms with Gasteiger partial charge in [-0.05, 0) is 42.7 Å². The highest BCUT2D eigenvalue weighted by atomic mass is 32.2. The number of aryl methyl sites for hydroxylation is 2. The minimum absolute atomic E-state index is 0.254. The SMILES string of the molecule is Cc1cccc(C)c1N(CC(=O)NCc1ccncc1)S(C)(=O)=O. The highest BCUT2D eigenvalue weighted by molar-refractivity contribution is 7.92. The molecule has 2 rings (SSSR count). The molecule has 7 heteroatoms. The summed E-state index contributed by atoms with van der Waals surface area (Å²) in [5.74, 6) is -0.361. The van der Waals surface area contributed by atoms with Gasteiger partial charge in [-0.1, -0.05) is 18.2 Å². The number of para-hydroxylation sites is 1. The predicted molar refractivity (Wildman–Crippen MR) is 94.2 cm³/mol. The number of hydrogen-bond acceptors (Lipinski definition) is 4. The molecule has 1 aromatic carbocycles. The van der Waals surface area contributed by atoms with Crippen LogP contribution in [0.4, 0.5) is 5.69 Å². The molecule has 1 amide bonds. The Labute approximate surface area is 142 Å². The third-order valence-corrected chi connectivity index (χ3v) is 4.73. The number of pyridine rings is 1. The normalized spacial score (nSPS) is 11.1. The maximum atomic E-state index is 12.2. The molecule has 1 heterocycles. The lowest BCUT2D eigenvalue weighted by Gasteiger charge is -2.25. The lowest BCUT2D eigenvalue weighted by atomic mass is 10.1. The number of aromatic nitrogens is 1. The van der Waals surface area contributed by atoms with Gasteiger partial charge in [0.1, 0.15) is 6.54 Å².